The van der Waals surface area contributed by atoms with Crippen LogP contribution in [0.4, 0.5) is 0 Å². The van der Waals surface area contributed by atoms with Gasteiger partial charge in [0.1, 0.15) is 26.3 Å². The van der Waals surface area contributed by atoms with Gasteiger partial charge < -0.3 is 19.1 Å². The Morgan fingerprint density at radius 1 is 0.776 bits per heavy atom. The third kappa shape index (κ3) is 14.2. The molecule has 2 atom stereocenters. The normalized spacial score (nSPS) is 13.9. The average molecular weight is 686 g/mol. The third-order valence-corrected chi connectivity index (χ3v) is 9.20. The lowest BCUT2D eigenvalue weighted by Gasteiger charge is -2.33. The number of nitrogens with zero attached hydrogens (tertiary/aromatic N) is 4. The Hall–Kier alpha value is -3.37. The van der Waals surface area contributed by atoms with E-state index in [0.29, 0.717) is 37.3 Å². The molecule has 0 saturated carbocycles. The summed E-state index contributed by atoms with van der Waals surface area (Å²) in [7, 11) is 8.05. The molecule has 0 aliphatic heterocycles. The number of hydrogen-bond acceptors (Lipinski definition) is 7. The van der Waals surface area contributed by atoms with Gasteiger partial charge in [-0.05, 0) is 71.7 Å². The molecule has 0 aliphatic carbocycles. The molecule has 49 heavy (non-hydrogen) atoms. The van der Waals surface area contributed by atoms with Gasteiger partial charge in [0, 0.05) is 37.2 Å². The summed E-state index contributed by atoms with van der Waals surface area (Å²) in [5.74, 6) is -1.75. The second kappa shape index (κ2) is 19.7. The van der Waals surface area contributed by atoms with Crippen molar-refractivity contribution in [1.82, 2.24) is 4.90 Å². The Labute approximate surface area is 295 Å². The molecular formula is C39H65N4O6+3. The fourth-order valence-corrected chi connectivity index (χ4v) is 5.68. The van der Waals surface area contributed by atoms with Crippen LogP contribution in [0.25, 0.3) is 11.1 Å². The fourth-order valence-electron chi connectivity index (χ4n) is 5.68. The van der Waals surface area contributed by atoms with E-state index in [9.17, 15) is 14.4 Å². The summed E-state index contributed by atoms with van der Waals surface area (Å²) < 4.78 is 22.0. The number of carbonyl (C=O) groups is 3. The van der Waals surface area contributed by atoms with Gasteiger partial charge in [0.05, 0.1) is 37.5 Å². The minimum absolute atomic E-state index is 0.213. The first-order chi connectivity index (χ1) is 23.1. The Morgan fingerprint density at radius 2 is 1.35 bits per heavy atom. The highest BCUT2D eigenvalue weighted by molar-refractivity contribution is 5.80. The number of hydrogen-bond donors (Lipinski definition) is 0. The Morgan fingerprint density at radius 3 is 1.88 bits per heavy atom. The minimum Gasteiger partial charge on any atom is -0.465 e. The van der Waals surface area contributed by atoms with E-state index in [1.54, 1.807) is 13.8 Å². The molecule has 10 heteroatoms. The second-order valence-electron chi connectivity index (χ2n) is 15.2. The van der Waals surface area contributed by atoms with Gasteiger partial charge in [0.15, 0.2) is 24.8 Å². The summed E-state index contributed by atoms with van der Waals surface area (Å²) in [6, 6.07) is 8.54. The largest absolute Gasteiger partial charge is 0.465 e. The maximum absolute atomic E-state index is 13.6. The van der Waals surface area contributed by atoms with Crippen molar-refractivity contribution >= 4 is 17.9 Å². The van der Waals surface area contributed by atoms with E-state index in [1.165, 1.54) is 5.56 Å². The van der Waals surface area contributed by atoms with Gasteiger partial charge in [-0.1, -0.05) is 27.2 Å². The zero-order valence-electron chi connectivity index (χ0n) is 32.1. The van der Waals surface area contributed by atoms with Crippen molar-refractivity contribution < 1.29 is 42.2 Å². The molecule has 0 amide bonds. The number of carbonyl (C=O) groups excluding carboxylic acids is 3. The number of esters is 3. The lowest BCUT2D eigenvalue weighted by atomic mass is 9.73. The van der Waals surface area contributed by atoms with Gasteiger partial charge in [-0.2, -0.15) is 4.57 Å². The summed E-state index contributed by atoms with van der Waals surface area (Å²) in [5, 5.41) is 0. The number of unbranched alkanes of at least 4 members (excludes halogenated alkanes) is 1. The monoisotopic (exact) mass is 685 g/mol. The molecule has 274 valence electrons. The van der Waals surface area contributed by atoms with Crippen molar-refractivity contribution in [3.05, 3.63) is 49.1 Å². The van der Waals surface area contributed by atoms with Gasteiger partial charge in [-0.3, -0.25) is 18.9 Å². The lowest BCUT2D eigenvalue weighted by Crippen LogP contribution is -2.53. The van der Waals surface area contributed by atoms with E-state index in [2.05, 4.69) is 79.2 Å². The zero-order chi connectivity index (χ0) is 36.7. The number of likely N-dealkylation sites (N-methyl/N-ethyl adjacent to an activating group) is 2. The van der Waals surface area contributed by atoms with Crippen molar-refractivity contribution in [2.45, 2.75) is 93.3 Å². The second-order valence-corrected chi connectivity index (χ2v) is 15.2. The van der Waals surface area contributed by atoms with Crippen LogP contribution < -0.4 is 9.13 Å². The van der Waals surface area contributed by atoms with E-state index in [1.807, 2.05) is 39.8 Å². The molecule has 0 saturated heterocycles. The van der Waals surface area contributed by atoms with Crippen molar-refractivity contribution in [2.75, 3.05) is 61.1 Å². The van der Waals surface area contributed by atoms with E-state index in [4.69, 9.17) is 14.2 Å². The van der Waals surface area contributed by atoms with Gasteiger partial charge in [-0.15, -0.1) is 0 Å². The van der Waals surface area contributed by atoms with Gasteiger partial charge in [0.2, 0.25) is 0 Å². The highest BCUT2D eigenvalue weighted by Crippen LogP contribution is 2.38. The Bertz CT molecular complexity index is 1310. The molecule has 0 spiro atoms. The Kier molecular flexibility index (Phi) is 16.8. The molecule has 2 rings (SSSR count). The smallest absolute Gasteiger partial charge is 0.312 e. The number of aromatic nitrogens is 2. The van der Waals surface area contributed by atoms with Crippen LogP contribution in [0.15, 0.2) is 49.1 Å². The maximum Gasteiger partial charge on any atom is 0.312 e. The molecule has 0 bridgehead atoms. The van der Waals surface area contributed by atoms with Crippen LogP contribution in [0.3, 0.4) is 0 Å². The lowest BCUT2D eigenvalue weighted by molar-refractivity contribution is -1.03. The van der Waals surface area contributed by atoms with Gasteiger partial charge >= 0.3 is 17.9 Å². The van der Waals surface area contributed by atoms with Crippen LogP contribution in [0, 0.1) is 16.7 Å². The van der Waals surface area contributed by atoms with E-state index < -0.39 is 16.7 Å². The molecule has 0 aliphatic rings. The third-order valence-electron chi connectivity index (χ3n) is 9.20. The number of rotatable bonds is 22. The number of ether oxygens (including phenoxy) is 3. The first kappa shape index (κ1) is 41.8. The SMILES string of the molecule is CCCCOC(=O)C(CC(C)(C)C(=O)OCCN(C)C)CC(C)(CC)C(=O)OCC[N+](C)(C)C[n+]1ccc(-c2cc[n+](CCC)cc2)cc1. The number of quaternary nitrogens is 1. The van der Waals surface area contributed by atoms with Crippen molar-refractivity contribution in [3.8, 4) is 11.1 Å². The average Bonchev–Trinajstić information content (AvgIpc) is 3.04. The molecule has 0 N–H and O–H groups in total. The predicted molar refractivity (Wildman–Crippen MR) is 191 cm³/mol. The van der Waals surface area contributed by atoms with Crippen molar-refractivity contribution in [2.24, 2.45) is 16.7 Å². The van der Waals surface area contributed by atoms with Gasteiger partial charge in [-0.25, -0.2) is 4.57 Å². The molecule has 10 nitrogen and oxygen atoms in total. The topological polar surface area (TPSA) is 89.9 Å². The summed E-state index contributed by atoms with van der Waals surface area (Å²) >= 11 is 0. The van der Waals surface area contributed by atoms with Crippen LogP contribution in [0.2, 0.25) is 0 Å². The quantitative estimate of drug-likeness (QED) is 0.0554. The van der Waals surface area contributed by atoms with Crippen molar-refractivity contribution in [3.63, 3.8) is 0 Å². The summed E-state index contributed by atoms with van der Waals surface area (Å²) in [4.78, 5) is 41.9. The number of pyridine rings is 2. The molecule has 2 aromatic rings. The molecule has 0 radical (unpaired) electrons. The molecule has 2 unspecified atom stereocenters. The van der Waals surface area contributed by atoms with E-state index >= 15 is 0 Å². The van der Waals surface area contributed by atoms with E-state index in [-0.39, 0.29) is 44.0 Å². The molecular weight excluding hydrogens is 620 g/mol. The Balaban J connectivity index is 2.04. The predicted octanol–water partition coefficient (Wildman–Crippen LogP) is 5.20. The molecule has 0 aromatic carbocycles. The molecule has 0 fully saturated rings. The standard InChI is InChI=1S/C39H65N4O6/c1-11-14-26-47-35(44)34(29-38(4,5)36(45)48-27-24-40(7)8)30-39(6,13-3)37(46)49-28-25-43(9,10)31-42-22-17-33(18-23-42)32-15-20-41(19-12-2)21-16-32/h15-18,20-23,34H,11-14,19,24-31H2,1-10H3/q+3. The first-order valence-electron chi connectivity index (χ1n) is 18.0. The highest BCUT2D eigenvalue weighted by atomic mass is 16.5. The molecule has 2 heterocycles. The van der Waals surface area contributed by atoms with Crippen molar-refractivity contribution in [1.29, 1.82) is 0 Å². The summed E-state index contributed by atoms with van der Waals surface area (Å²) in [5.41, 5.74) is 0.484. The zero-order valence-corrected chi connectivity index (χ0v) is 32.1. The van der Waals surface area contributed by atoms with Crippen LogP contribution >= 0.6 is 0 Å². The summed E-state index contributed by atoms with van der Waals surface area (Å²) in [6.07, 6.45) is 12.1. The number of aryl methyl sites for hydroxylation is 1. The van der Waals surface area contributed by atoms with Crippen LogP contribution in [0.5, 0.6) is 0 Å². The van der Waals surface area contributed by atoms with E-state index in [0.717, 1.165) is 31.4 Å². The van der Waals surface area contributed by atoms with Crippen LogP contribution in [-0.4, -0.2) is 88.4 Å². The highest BCUT2D eigenvalue weighted by Gasteiger charge is 2.43. The molecule has 2 aromatic heterocycles. The summed E-state index contributed by atoms with van der Waals surface area (Å²) in [6.45, 7) is 15.3. The van der Waals surface area contributed by atoms with Gasteiger partial charge in [0.25, 0.3) is 6.67 Å². The minimum atomic E-state index is -0.935. The fraction of sp³-hybridized carbons (Fsp3) is 0.667. The first-order valence-corrected chi connectivity index (χ1v) is 18.0. The van der Waals surface area contributed by atoms with Crippen LogP contribution in [0.1, 0.15) is 80.1 Å². The van der Waals surface area contributed by atoms with Crippen LogP contribution in [-0.2, 0) is 41.8 Å². The maximum atomic E-state index is 13.6.